The van der Waals surface area contributed by atoms with Crippen molar-refractivity contribution in [3.8, 4) is 5.75 Å². The second-order valence-corrected chi connectivity index (χ2v) is 2.74. The van der Waals surface area contributed by atoms with Gasteiger partial charge >= 0.3 is 0 Å². The van der Waals surface area contributed by atoms with Gasteiger partial charge in [0, 0.05) is 24.7 Å². The first kappa shape index (κ1) is 11.3. The van der Waals surface area contributed by atoms with E-state index in [-0.39, 0.29) is 11.4 Å². The van der Waals surface area contributed by atoms with Crippen molar-refractivity contribution in [3.05, 3.63) is 34.2 Å². The molecule has 0 saturated carbocycles. The smallest absolute Gasteiger partial charge is 0.183 e. The number of methoxy groups -OCH3 is 2. The third-order valence-electron chi connectivity index (χ3n) is 1.85. The van der Waals surface area contributed by atoms with Gasteiger partial charge in [0.25, 0.3) is 0 Å². The van der Waals surface area contributed by atoms with E-state index in [1.165, 1.54) is 26.4 Å². The molecular weight excluding hydrogens is 198 g/mol. The molecule has 6 heteroatoms. The van der Waals surface area contributed by atoms with Crippen LogP contribution >= 0.6 is 0 Å². The SMILES string of the molecule is COC(OC)c1ccc(O)c(N=[N+]=[N-])c1. The molecule has 0 aromatic heterocycles. The Morgan fingerprint density at radius 2 is 2.07 bits per heavy atom. The van der Waals surface area contributed by atoms with Crippen molar-refractivity contribution < 1.29 is 14.6 Å². The van der Waals surface area contributed by atoms with Crippen LogP contribution < -0.4 is 0 Å². The first-order valence-corrected chi connectivity index (χ1v) is 4.16. The second-order valence-electron chi connectivity index (χ2n) is 2.74. The maximum absolute atomic E-state index is 9.35. The Bertz CT molecular complexity index is 384. The Balaban J connectivity index is 3.11. The number of rotatable bonds is 4. The number of phenols is 1. The van der Waals surface area contributed by atoms with E-state index < -0.39 is 6.29 Å². The highest BCUT2D eigenvalue weighted by Crippen LogP contribution is 2.30. The van der Waals surface area contributed by atoms with Crippen LogP contribution in [0.1, 0.15) is 11.9 Å². The normalized spacial score (nSPS) is 10.1. The molecule has 15 heavy (non-hydrogen) atoms. The van der Waals surface area contributed by atoms with E-state index in [9.17, 15) is 5.11 Å². The Morgan fingerprint density at radius 1 is 1.40 bits per heavy atom. The molecule has 0 bridgehead atoms. The molecule has 80 valence electrons. The summed E-state index contributed by atoms with van der Waals surface area (Å²) in [7, 11) is 2.99. The number of nitrogens with zero attached hydrogens (tertiary/aromatic N) is 3. The average molecular weight is 209 g/mol. The van der Waals surface area contributed by atoms with Gasteiger partial charge in [0.1, 0.15) is 5.75 Å². The number of benzene rings is 1. The maximum Gasteiger partial charge on any atom is 0.183 e. The Morgan fingerprint density at radius 3 is 2.60 bits per heavy atom. The zero-order valence-corrected chi connectivity index (χ0v) is 8.41. The van der Waals surface area contributed by atoms with Crippen molar-refractivity contribution in [2.24, 2.45) is 5.11 Å². The van der Waals surface area contributed by atoms with Gasteiger partial charge in [-0.3, -0.25) is 0 Å². The minimum Gasteiger partial charge on any atom is -0.507 e. The number of ether oxygens (including phenoxy) is 2. The molecule has 0 aliphatic heterocycles. The molecule has 6 nitrogen and oxygen atoms in total. The molecule has 1 rings (SSSR count). The largest absolute Gasteiger partial charge is 0.507 e. The number of hydrogen-bond donors (Lipinski definition) is 1. The molecular formula is C9H11N3O3. The summed E-state index contributed by atoms with van der Waals surface area (Å²) in [4.78, 5) is 2.60. The van der Waals surface area contributed by atoms with Gasteiger partial charge in [-0.1, -0.05) is 11.2 Å². The fourth-order valence-corrected chi connectivity index (χ4v) is 1.18. The summed E-state index contributed by atoms with van der Waals surface area (Å²) in [5.74, 6) is -0.0810. The summed E-state index contributed by atoms with van der Waals surface area (Å²) < 4.78 is 10.0. The van der Waals surface area contributed by atoms with Crippen molar-refractivity contribution in [1.82, 2.24) is 0 Å². The first-order valence-electron chi connectivity index (χ1n) is 4.16. The highest BCUT2D eigenvalue weighted by molar-refractivity contribution is 5.52. The molecule has 0 spiro atoms. The monoisotopic (exact) mass is 209 g/mol. The molecule has 1 aromatic carbocycles. The fourth-order valence-electron chi connectivity index (χ4n) is 1.18. The molecule has 0 atom stereocenters. The lowest BCUT2D eigenvalue weighted by Gasteiger charge is -2.14. The summed E-state index contributed by atoms with van der Waals surface area (Å²) in [6.45, 7) is 0. The van der Waals surface area contributed by atoms with E-state index in [0.29, 0.717) is 5.56 Å². The van der Waals surface area contributed by atoms with Crippen molar-refractivity contribution in [2.75, 3.05) is 14.2 Å². The quantitative estimate of drug-likeness (QED) is 0.358. The maximum atomic E-state index is 9.35. The molecule has 0 heterocycles. The van der Waals surface area contributed by atoms with E-state index >= 15 is 0 Å². The lowest BCUT2D eigenvalue weighted by molar-refractivity contribution is -0.106. The standard InChI is InChI=1S/C9H11N3O3/c1-14-9(15-2)6-3-4-8(13)7(5-6)11-12-10/h3-5,9,13H,1-2H3. The lowest BCUT2D eigenvalue weighted by atomic mass is 10.2. The predicted molar refractivity (Wildman–Crippen MR) is 53.7 cm³/mol. The number of phenolic OH excluding ortho intramolecular Hbond substituents is 1. The van der Waals surface area contributed by atoms with Gasteiger partial charge in [0.15, 0.2) is 6.29 Å². The molecule has 0 unspecified atom stereocenters. The highest BCUT2D eigenvalue weighted by atomic mass is 16.7. The third-order valence-corrected chi connectivity index (χ3v) is 1.85. The van der Waals surface area contributed by atoms with Crippen LogP contribution in [-0.4, -0.2) is 19.3 Å². The third kappa shape index (κ3) is 2.60. The van der Waals surface area contributed by atoms with E-state index in [1.807, 2.05) is 0 Å². The van der Waals surface area contributed by atoms with Crippen molar-refractivity contribution in [2.45, 2.75) is 6.29 Å². The fraction of sp³-hybridized carbons (Fsp3) is 0.333. The minimum absolute atomic E-state index is 0.0810. The molecule has 0 aliphatic carbocycles. The van der Waals surface area contributed by atoms with E-state index in [4.69, 9.17) is 15.0 Å². The Labute approximate surface area is 86.7 Å². The zero-order chi connectivity index (χ0) is 11.3. The van der Waals surface area contributed by atoms with Crippen LogP contribution in [0.2, 0.25) is 0 Å². The van der Waals surface area contributed by atoms with E-state index in [2.05, 4.69) is 10.0 Å². The zero-order valence-electron chi connectivity index (χ0n) is 8.41. The summed E-state index contributed by atoms with van der Waals surface area (Å²) >= 11 is 0. The van der Waals surface area contributed by atoms with Crippen LogP contribution in [-0.2, 0) is 9.47 Å². The average Bonchev–Trinajstić information content (AvgIpc) is 2.25. The highest BCUT2D eigenvalue weighted by Gasteiger charge is 2.10. The summed E-state index contributed by atoms with van der Waals surface area (Å²) in [5, 5.41) is 12.7. The Kier molecular flexibility index (Phi) is 3.93. The molecule has 0 saturated heterocycles. The van der Waals surface area contributed by atoms with Crippen LogP contribution in [0, 0.1) is 0 Å². The van der Waals surface area contributed by atoms with Crippen molar-refractivity contribution >= 4 is 5.69 Å². The number of aromatic hydroxyl groups is 1. The van der Waals surface area contributed by atoms with Crippen molar-refractivity contribution in [1.29, 1.82) is 0 Å². The first-order chi connectivity index (χ1) is 7.22. The van der Waals surface area contributed by atoms with Gasteiger partial charge in [0.05, 0.1) is 5.69 Å². The lowest BCUT2D eigenvalue weighted by Crippen LogP contribution is -2.02. The summed E-state index contributed by atoms with van der Waals surface area (Å²) in [6, 6.07) is 4.56. The van der Waals surface area contributed by atoms with Gasteiger partial charge in [-0.25, -0.2) is 0 Å². The van der Waals surface area contributed by atoms with Crippen LogP contribution in [0.3, 0.4) is 0 Å². The van der Waals surface area contributed by atoms with E-state index in [1.54, 1.807) is 6.07 Å². The van der Waals surface area contributed by atoms with Gasteiger partial charge in [-0.05, 0) is 17.7 Å². The van der Waals surface area contributed by atoms with Gasteiger partial charge in [-0.15, -0.1) is 0 Å². The van der Waals surface area contributed by atoms with Crippen LogP contribution in [0.5, 0.6) is 5.75 Å². The summed E-state index contributed by atoms with van der Waals surface area (Å²) in [5.41, 5.74) is 9.09. The van der Waals surface area contributed by atoms with Crippen molar-refractivity contribution in [3.63, 3.8) is 0 Å². The van der Waals surface area contributed by atoms with Gasteiger partial charge in [-0.2, -0.15) is 0 Å². The van der Waals surface area contributed by atoms with E-state index in [0.717, 1.165) is 0 Å². The molecule has 0 fully saturated rings. The minimum atomic E-state index is -0.543. The molecule has 1 N–H and O–H groups in total. The second kappa shape index (κ2) is 5.21. The molecule has 1 aromatic rings. The number of hydrogen-bond acceptors (Lipinski definition) is 4. The summed E-state index contributed by atoms with van der Waals surface area (Å²) in [6.07, 6.45) is -0.543. The van der Waals surface area contributed by atoms with Crippen LogP contribution in [0.25, 0.3) is 10.4 Å². The molecule has 0 amide bonds. The number of azide groups is 1. The Hall–Kier alpha value is -1.75. The van der Waals surface area contributed by atoms with Crippen LogP contribution in [0.4, 0.5) is 5.69 Å². The van der Waals surface area contributed by atoms with Gasteiger partial charge in [0.2, 0.25) is 0 Å². The molecule has 0 aliphatic rings. The molecule has 0 radical (unpaired) electrons. The topological polar surface area (TPSA) is 87.5 Å². The van der Waals surface area contributed by atoms with Gasteiger partial charge < -0.3 is 14.6 Å². The predicted octanol–water partition coefficient (Wildman–Crippen LogP) is 2.63. The van der Waals surface area contributed by atoms with Crippen LogP contribution in [0.15, 0.2) is 23.3 Å².